The molecule has 4 aromatic rings. The third-order valence-electron chi connectivity index (χ3n) is 5.39. The van der Waals surface area contributed by atoms with Crippen LogP contribution < -0.4 is 4.31 Å². The van der Waals surface area contributed by atoms with Gasteiger partial charge in [0.1, 0.15) is 12.5 Å². The van der Waals surface area contributed by atoms with Crippen LogP contribution in [0.2, 0.25) is 0 Å². The van der Waals surface area contributed by atoms with Crippen molar-refractivity contribution in [1.82, 2.24) is 10.1 Å². The molecule has 0 saturated carbocycles. The van der Waals surface area contributed by atoms with Crippen molar-refractivity contribution in [2.24, 2.45) is 0 Å². The Morgan fingerprint density at radius 3 is 2.50 bits per heavy atom. The molecule has 0 aliphatic heterocycles. The molecule has 0 bridgehead atoms. The van der Waals surface area contributed by atoms with Gasteiger partial charge in [0.25, 0.3) is 10.0 Å². The fraction of sp³-hybridized carbons (Fsp3) is 0.280. The van der Waals surface area contributed by atoms with Crippen LogP contribution >= 0.6 is 0 Å². The van der Waals surface area contributed by atoms with Crippen LogP contribution in [0.25, 0.3) is 21.9 Å². The van der Waals surface area contributed by atoms with Gasteiger partial charge in [0, 0.05) is 36.0 Å². The quantitative estimate of drug-likeness (QED) is 0.376. The highest BCUT2D eigenvalue weighted by Crippen LogP contribution is 2.35. The minimum atomic E-state index is -4.07. The maximum absolute atomic E-state index is 13.8. The molecule has 180 valence electrons. The molecule has 2 heterocycles. The third-order valence-corrected chi connectivity index (χ3v) is 7.16. The first kappa shape index (κ1) is 25.4. The summed E-state index contributed by atoms with van der Waals surface area (Å²) in [5.41, 5.74) is 2.44. The zero-order valence-corrected chi connectivity index (χ0v) is 20.8. The number of ether oxygens (including phenoxy) is 1. The summed E-state index contributed by atoms with van der Waals surface area (Å²) in [4.78, 5) is 4.24. The van der Waals surface area contributed by atoms with E-state index in [1.54, 1.807) is 56.6 Å². The molecule has 8 nitrogen and oxygen atoms in total. The zero-order valence-electron chi connectivity index (χ0n) is 19.9. The molecule has 0 fully saturated rings. The van der Waals surface area contributed by atoms with Gasteiger partial charge in [0.15, 0.2) is 5.82 Å². The molecule has 0 atom stereocenters. The summed E-state index contributed by atoms with van der Waals surface area (Å²) in [5.74, 6) is 0.706. The van der Waals surface area contributed by atoms with Crippen LogP contribution in [0.15, 0.2) is 64.3 Å². The number of nitrogens with zero attached hydrogens (tertiary/aromatic N) is 3. The molecule has 0 aliphatic carbocycles. The highest BCUT2D eigenvalue weighted by atomic mass is 32.2. The number of pyridine rings is 1. The van der Waals surface area contributed by atoms with Gasteiger partial charge in [-0.2, -0.15) is 0 Å². The largest absolute Gasteiger partial charge is 0.392 e. The Balaban J connectivity index is 0.00000158. The van der Waals surface area contributed by atoms with E-state index in [2.05, 4.69) is 10.1 Å². The predicted molar refractivity (Wildman–Crippen MR) is 132 cm³/mol. The van der Waals surface area contributed by atoms with Crippen LogP contribution in [0.3, 0.4) is 0 Å². The molecule has 4 rings (SSSR count). The maximum Gasteiger partial charge on any atom is 0.268 e. The van der Waals surface area contributed by atoms with Gasteiger partial charge in [-0.05, 0) is 54.6 Å². The standard InChI is InChI=1S/C23H23N3O5S.C2H6/c1-15-16(2)31-25-23(15)26(14-30-3)32(28,29)22-7-5-4-6-21(22)17-10-18-12-24-9-8-20(18)19(11-17)13-27;1-2/h4-12,27H,13-14H2,1-3H3;1-2H3. The van der Waals surface area contributed by atoms with Gasteiger partial charge in [-0.15, -0.1) is 0 Å². The van der Waals surface area contributed by atoms with Gasteiger partial charge in [-0.25, -0.2) is 12.7 Å². The number of anilines is 1. The van der Waals surface area contributed by atoms with Crippen LogP contribution in [0.1, 0.15) is 30.7 Å². The van der Waals surface area contributed by atoms with E-state index in [4.69, 9.17) is 9.26 Å². The van der Waals surface area contributed by atoms with Crippen molar-refractivity contribution in [3.63, 3.8) is 0 Å². The number of methoxy groups -OCH3 is 1. The molecule has 0 radical (unpaired) electrons. The first-order chi connectivity index (χ1) is 16.4. The van der Waals surface area contributed by atoms with E-state index in [1.165, 1.54) is 7.11 Å². The SMILES string of the molecule is CC.COCN(c1noc(C)c1C)S(=O)(=O)c1ccccc1-c1cc(CO)c2ccncc2c1. The second-order valence-corrected chi connectivity index (χ2v) is 9.18. The number of rotatable bonds is 7. The lowest BCUT2D eigenvalue weighted by Crippen LogP contribution is -2.34. The molecule has 0 unspecified atom stereocenters. The Bertz CT molecular complexity index is 1380. The molecule has 34 heavy (non-hydrogen) atoms. The van der Waals surface area contributed by atoms with E-state index >= 15 is 0 Å². The minimum absolute atomic E-state index is 0.0873. The van der Waals surface area contributed by atoms with Crippen molar-refractivity contribution >= 4 is 26.6 Å². The summed E-state index contributed by atoms with van der Waals surface area (Å²) in [6.45, 7) is 7.05. The summed E-state index contributed by atoms with van der Waals surface area (Å²) < 4.78 is 39.1. The van der Waals surface area contributed by atoms with Gasteiger partial charge in [0.05, 0.1) is 11.5 Å². The van der Waals surface area contributed by atoms with Crippen molar-refractivity contribution in [3.05, 3.63) is 71.7 Å². The summed E-state index contributed by atoms with van der Waals surface area (Å²) in [6, 6.07) is 12.2. The number of hydrogen-bond acceptors (Lipinski definition) is 7. The van der Waals surface area contributed by atoms with E-state index < -0.39 is 10.0 Å². The lowest BCUT2D eigenvalue weighted by atomic mass is 9.98. The monoisotopic (exact) mass is 483 g/mol. The van der Waals surface area contributed by atoms with E-state index in [9.17, 15) is 13.5 Å². The lowest BCUT2D eigenvalue weighted by Gasteiger charge is -2.23. The van der Waals surface area contributed by atoms with Crippen LogP contribution in [0, 0.1) is 13.8 Å². The van der Waals surface area contributed by atoms with Crippen LogP contribution in [-0.4, -0.2) is 37.5 Å². The number of sulfonamides is 1. The number of fused-ring (bicyclic) bond motifs is 1. The number of aliphatic hydroxyl groups is 1. The van der Waals surface area contributed by atoms with E-state index in [1.807, 2.05) is 26.0 Å². The Morgan fingerprint density at radius 2 is 1.85 bits per heavy atom. The van der Waals surface area contributed by atoms with Gasteiger partial charge in [0.2, 0.25) is 0 Å². The van der Waals surface area contributed by atoms with Crippen molar-refractivity contribution in [2.45, 2.75) is 39.2 Å². The summed E-state index contributed by atoms with van der Waals surface area (Å²) in [7, 11) is -2.65. The summed E-state index contributed by atoms with van der Waals surface area (Å²) in [5, 5.41) is 15.5. The van der Waals surface area contributed by atoms with Crippen molar-refractivity contribution in [3.8, 4) is 11.1 Å². The van der Waals surface area contributed by atoms with Crippen LogP contribution in [0.4, 0.5) is 5.82 Å². The van der Waals surface area contributed by atoms with Gasteiger partial charge in [-0.3, -0.25) is 4.98 Å². The average Bonchev–Trinajstić information content (AvgIpc) is 3.20. The van der Waals surface area contributed by atoms with Crippen molar-refractivity contribution < 1.29 is 22.8 Å². The fourth-order valence-corrected chi connectivity index (χ4v) is 5.22. The minimum Gasteiger partial charge on any atom is -0.392 e. The van der Waals surface area contributed by atoms with E-state index in [0.717, 1.165) is 15.1 Å². The molecule has 0 spiro atoms. The number of hydrogen-bond donors (Lipinski definition) is 1. The molecule has 0 saturated heterocycles. The number of aromatic nitrogens is 2. The van der Waals surface area contributed by atoms with Crippen molar-refractivity contribution in [1.29, 1.82) is 0 Å². The highest BCUT2D eigenvalue weighted by molar-refractivity contribution is 7.93. The van der Waals surface area contributed by atoms with E-state index in [0.29, 0.717) is 28.0 Å². The van der Waals surface area contributed by atoms with Gasteiger partial charge >= 0.3 is 0 Å². The van der Waals surface area contributed by atoms with Crippen LogP contribution in [0.5, 0.6) is 0 Å². The molecule has 1 N–H and O–H groups in total. The Labute approximate surface area is 199 Å². The number of benzene rings is 2. The average molecular weight is 484 g/mol. The normalized spacial score (nSPS) is 11.2. The molecule has 0 amide bonds. The number of aryl methyl sites for hydroxylation is 1. The van der Waals surface area contributed by atoms with E-state index in [-0.39, 0.29) is 24.1 Å². The number of aliphatic hydroxyl groups excluding tert-OH is 1. The maximum atomic E-state index is 13.8. The fourth-order valence-electron chi connectivity index (χ4n) is 3.62. The molecule has 2 aromatic carbocycles. The smallest absolute Gasteiger partial charge is 0.268 e. The van der Waals surface area contributed by atoms with Gasteiger partial charge in [-0.1, -0.05) is 37.2 Å². The highest BCUT2D eigenvalue weighted by Gasteiger charge is 2.31. The predicted octanol–water partition coefficient (Wildman–Crippen LogP) is 4.82. The first-order valence-corrected chi connectivity index (χ1v) is 12.3. The molecular formula is C25H29N3O5S. The van der Waals surface area contributed by atoms with Gasteiger partial charge < -0.3 is 14.4 Å². The molecule has 9 heteroatoms. The lowest BCUT2D eigenvalue weighted by molar-refractivity contribution is 0.208. The van der Waals surface area contributed by atoms with Crippen LogP contribution in [-0.2, 0) is 21.4 Å². The second-order valence-electron chi connectivity index (χ2n) is 7.35. The third kappa shape index (κ3) is 4.68. The zero-order chi connectivity index (χ0) is 24.9. The summed E-state index contributed by atoms with van der Waals surface area (Å²) >= 11 is 0. The summed E-state index contributed by atoms with van der Waals surface area (Å²) in [6.07, 6.45) is 3.35. The second kappa shape index (κ2) is 10.8. The molecule has 0 aliphatic rings. The molecular weight excluding hydrogens is 454 g/mol. The van der Waals surface area contributed by atoms with Crippen molar-refractivity contribution in [2.75, 3.05) is 18.1 Å². The topological polar surface area (TPSA) is 106 Å². The first-order valence-electron chi connectivity index (χ1n) is 10.9. The Hall–Kier alpha value is -3.27. The Morgan fingerprint density at radius 1 is 1.12 bits per heavy atom. The molecule has 2 aromatic heterocycles. The Kier molecular flexibility index (Phi) is 8.03.